The molecule has 15 heavy (non-hydrogen) atoms. The van der Waals surface area contributed by atoms with Crippen LogP contribution in [0.25, 0.3) is 11.3 Å². The summed E-state index contributed by atoms with van der Waals surface area (Å²) in [5, 5.41) is 10.6. The molecular formula is C12H8NO2-. The van der Waals surface area contributed by atoms with E-state index in [1.54, 1.807) is 12.1 Å². The molecule has 0 aliphatic heterocycles. The van der Waals surface area contributed by atoms with Crippen molar-refractivity contribution in [2.24, 2.45) is 0 Å². The number of aromatic nitrogens is 1. The van der Waals surface area contributed by atoms with Crippen molar-refractivity contribution in [1.82, 2.24) is 4.98 Å². The van der Waals surface area contributed by atoms with Gasteiger partial charge in [0.15, 0.2) is 0 Å². The number of carboxylic acid groups (broad SMARTS) is 1. The molecule has 0 fully saturated rings. The fraction of sp³-hybridized carbons (Fsp3) is 0. The SMILES string of the molecule is O=C([O-])c1cccc(-c2ccccc2)n1. The van der Waals surface area contributed by atoms with Crippen LogP contribution in [0.15, 0.2) is 48.5 Å². The molecule has 0 spiro atoms. The number of carbonyl (C=O) groups is 1. The number of pyridine rings is 1. The molecule has 0 bridgehead atoms. The number of aromatic carboxylic acids is 1. The molecule has 2 rings (SSSR count). The van der Waals surface area contributed by atoms with Gasteiger partial charge in [-0.05, 0) is 12.1 Å². The lowest BCUT2D eigenvalue weighted by Crippen LogP contribution is -2.23. The van der Waals surface area contributed by atoms with E-state index in [4.69, 9.17) is 0 Å². The van der Waals surface area contributed by atoms with E-state index in [0.29, 0.717) is 5.69 Å². The number of rotatable bonds is 2. The smallest absolute Gasteiger partial charge is 0.0900 e. The van der Waals surface area contributed by atoms with Gasteiger partial charge in [-0.15, -0.1) is 0 Å². The van der Waals surface area contributed by atoms with E-state index in [-0.39, 0.29) is 5.69 Å². The molecule has 0 radical (unpaired) electrons. The molecular weight excluding hydrogens is 190 g/mol. The van der Waals surface area contributed by atoms with Crippen molar-refractivity contribution in [3.63, 3.8) is 0 Å². The first kappa shape index (κ1) is 9.40. The van der Waals surface area contributed by atoms with Crippen LogP contribution >= 0.6 is 0 Å². The Balaban J connectivity index is 2.46. The molecule has 3 nitrogen and oxygen atoms in total. The predicted molar refractivity (Wildman–Crippen MR) is 54.0 cm³/mol. The lowest BCUT2D eigenvalue weighted by molar-refractivity contribution is -0.255. The maximum Gasteiger partial charge on any atom is 0.0900 e. The van der Waals surface area contributed by atoms with Gasteiger partial charge in [0.05, 0.1) is 17.4 Å². The monoisotopic (exact) mass is 198 g/mol. The fourth-order valence-corrected chi connectivity index (χ4v) is 1.32. The van der Waals surface area contributed by atoms with E-state index in [1.807, 2.05) is 30.3 Å². The van der Waals surface area contributed by atoms with E-state index in [9.17, 15) is 9.90 Å². The van der Waals surface area contributed by atoms with Gasteiger partial charge in [0, 0.05) is 5.56 Å². The van der Waals surface area contributed by atoms with Crippen LogP contribution in [0.2, 0.25) is 0 Å². The molecule has 3 heteroatoms. The highest BCUT2D eigenvalue weighted by Crippen LogP contribution is 2.15. The summed E-state index contributed by atoms with van der Waals surface area (Å²) in [6, 6.07) is 14.2. The third kappa shape index (κ3) is 2.02. The van der Waals surface area contributed by atoms with Gasteiger partial charge in [0.2, 0.25) is 0 Å². The first-order valence-electron chi connectivity index (χ1n) is 4.51. The number of carboxylic acids is 1. The Kier molecular flexibility index (Phi) is 2.46. The zero-order valence-corrected chi connectivity index (χ0v) is 7.88. The van der Waals surface area contributed by atoms with Gasteiger partial charge in [-0.25, -0.2) is 4.98 Å². The van der Waals surface area contributed by atoms with Crippen molar-refractivity contribution in [3.05, 3.63) is 54.2 Å². The second-order valence-corrected chi connectivity index (χ2v) is 3.06. The zero-order chi connectivity index (χ0) is 10.7. The third-order valence-electron chi connectivity index (χ3n) is 2.03. The first-order chi connectivity index (χ1) is 7.27. The Bertz CT molecular complexity index is 480. The van der Waals surface area contributed by atoms with Crippen LogP contribution in [0.4, 0.5) is 0 Å². The van der Waals surface area contributed by atoms with E-state index >= 15 is 0 Å². The highest BCUT2D eigenvalue weighted by Gasteiger charge is 2.00. The number of carbonyl (C=O) groups excluding carboxylic acids is 1. The van der Waals surface area contributed by atoms with E-state index in [1.165, 1.54) is 6.07 Å². The van der Waals surface area contributed by atoms with Gasteiger partial charge in [0.1, 0.15) is 0 Å². The summed E-state index contributed by atoms with van der Waals surface area (Å²) < 4.78 is 0. The van der Waals surface area contributed by atoms with Gasteiger partial charge < -0.3 is 9.90 Å². The summed E-state index contributed by atoms with van der Waals surface area (Å²) in [6.07, 6.45) is 0. The Labute approximate surface area is 87.0 Å². The maximum absolute atomic E-state index is 10.6. The molecule has 0 unspecified atom stereocenters. The van der Waals surface area contributed by atoms with Crippen LogP contribution in [0, 0.1) is 0 Å². The Morgan fingerprint density at radius 3 is 2.40 bits per heavy atom. The van der Waals surface area contributed by atoms with Crippen LogP contribution in [0.5, 0.6) is 0 Å². The number of hydrogen-bond donors (Lipinski definition) is 0. The molecule has 1 aromatic heterocycles. The second-order valence-electron chi connectivity index (χ2n) is 3.06. The summed E-state index contributed by atoms with van der Waals surface area (Å²) in [5.41, 5.74) is 1.48. The molecule has 74 valence electrons. The van der Waals surface area contributed by atoms with Crippen molar-refractivity contribution < 1.29 is 9.90 Å². The fourth-order valence-electron chi connectivity index (χ4n) is 1.32. The largest absolute Gasteiger partial charge is 0.543 e. The van der Waals surface area contributed by atoms with Crippen molar-refractivity contribution in [2.45, 2.75) is 0 Å². The molecule has 0 saturated carbocycles. The summed E-state index contributed by atoms with van der Waals surface area (Å²) in [7, 11) is 0. The standard InChI is InChI=1S/C12H9NO2/c14-12(15)11-8-4-7-10(13-11)9-5-2-1-3-6-9/h1-8H,(H,14,15)/p-1. The molecule has 1 heterocycles. The van der Waals surface area contributed by atoms with Gasteiger partial charge >= 0.3 is 0 Å². The van der Waals surface area contributed by atoms with Crippen LogP contribution < -0.4 is 5.11 Å². The summed E-state index contributed by atoms with van der Waals surface area (Å²) in [6.45, 7) is 0. The Morgan fingerprint density at radius 1 is 1.00 bits per heavy atom. The third-order valence-corrected chi connectivity index (χ3v) is 2.03. The van der Waals surface area contributed by atoms with E-state index in [0.717, 1.165) is 5.56 Å². The van der Waals surface area contributed by atoms with E-state index in [2.05, 4.69) is 4.98 Å². The lowest BCUT2D eigenvalue weighted by Gasteiger charge is -2.04. The number of benzene rings is 1. The molecule has 1 aromatic carbocycles. The van der Waals surface area contributed by atoms with Gasteiger partial charge in [-0.3, -0.25) is 0 Å². The van der Waals surface area contributed by atoms with Crippen molar-refractivity contribution >= 4 is 5.97 Å². The number of nitrogens with zero attached hydrogens (tertiary/aromatic N) is 1. The molecule has 0 amide bonds. The number of hydrogen-bond acceptors (Lipinski definition) is 3. The van der Waals surface area contributed by atoms with Gasteiger partial charge in [0.25, 0.3) is 0 Å². The maximum atomic E-state index is 10.6. The average molecular weight is 198 g/mol. The Hall–Kier alpha value is -2.16. The van der Waals surface area contributed by atoms with Gasteiger partial charge in [-0.1, -0.05) is 36.4 Å². The quantitative estimate of drug-likeness (QED) is 0.726. The van der Waals surface area contributed by atoms with Crippen LogP contribution in [-0.2, 0) is 0 Å². The summed E-state index contributed by atoms with van der Waals surface area (Å²) >= 11 is 0. The molecule has 2 aromatic rings. The molecule has 0 aliphatic rings. The summed E-state index contributed by atoms with van der Waals surface area (Å²) in [4.78, 5) is 14.6. The topological polar surface area (TPSA) is 53.0 Å². The molecule has 0 N–H and O–H groups in total. The van der Waals surface area contributed by atoms with Crippen LogP contribution in [-0.4, -0.2) is 11.0 Å². The molecule has 0 atom stereocenters. The zero-order valence-electron chi connectivity index (χ0n) is 7.88. The van der Waals surface area contributed by atoms with Crippen LogP contribution in [0.1, 0.15) is 10.5 Å². The highest BCUT2D eigenvalue weighted by molar-refractivity contribution is 5.84. The predicted octanol–water partition coefficient (Wildman–Crippen LogP) is 1.11. The van der Waals surface area contributed by atoms with E-state index < -0.39 is 5.97 Å². The summed E-state index contributed by atoms with van der Waals surface area (Å²) in [5.74, 6) is -1.26. The average Bonchev–Trinajstić information content (AvgIpc) is 2.30. The normalized spacial score (nSPS) is 9.87. The molecule has 0 saturated heterocycles. The second kappa shape index (κ2) is 3.92. The minimum Gasteiger partial charge on any atom is -0.543 e. The lowest BCUT2D eigenvalue weighted by atomic mass is 10.1. The van der Waals surface area contributed by atoms with Crippen molar-refractivity contribution in [1.29, 1.82) is 0 Å². The minimum absolute atomic E-state index is 0.0450. The highest BCUT2D eigenvalue weighted by atomic mass is 16.4. The van der Waals surface area contributed by atoms with Crippen molar-refractivity contribution in [3.8, 4) is 11.3 Å². The van der Waals surface area contributed by atoms with Crippen LogP contribution in [0.3, 0.4) is 0 Å². The minimum atomic E-state index is -1.26. The Morgan fingerprint density at radius 2 is 1.73 bits per heavy atom. The molecule has 0 aliphatic carbocycles. The van der Waals surface area contributed by atoms with Gasteiger partial charge in [-0.2, -0.15) is 0 Å². The van der Waals surface area contributed by atoms with Crippen molar-refractivity contribution in [2.75, 3.05) is 0 Å². The first-order valence-corrected chi connectivity index (χ1v) is 4.51.